The summed E-state index contributed by atoms with van der Waals surface area (Å²) in [5, 5.41) is 0.578. The van der Waals surface area contributed by atoms with E-state index in [4.69, 9.17) is 14.2 Å². The summed E-state index contributed by atoms with van der Waals surface area (Å²) in [6.45, 7) is 5.20. The Morgan fingerprint density at radius 1 is 1.00 bits per heavy atom. The lowest BCUT2D eigenvalue weighted by molar-refractivity contribution is -0.122. The number of halogens is 1. The van der Waals surface area contributed by atoms with E-state index < -0.39 is 5.97 Å². The highest BCUT2D eigenvalue weighted by molar-refractivity contribution is 9.10. The lowest BCUT2D eigenvalue weighted by Crippen LogP contribution is -2.28. The van der Waals surface area contributed by atoms with Crippen LogP contribution in [-0.4, -0.2) is 42.2 Å². The molecule has 1 saturated heterocycles. The lowest BCUT2D eigenvalue weighted by Gasteiger charge is -2.13. The van der Waals surface area contributed by atoms with Crippen LogP contribution in [0.2, 0.25) is 0 Å². The first kappa shape index (κ1) is 27.5. The number of likely N-dealkylation sites (N-methyl/N-ethyl adjacent to an activating group) is 1. The van der Waals surface area contributed by atoms with Crippen LogP contribution in [0.1, 0.15) is 35.3 Å². The molecular weight excluding hydrogens is 568 g/mol. The van der Waals surface area contributed by atoms with Crippen LogP contribution in [-0.2, 0) is 16.1 Å². The summed E-state index contributed by atoms with van der Waals surface area (Å²) in [6, 6.07) is 20.3. The van der Waals surface area contributed by atoms with E-state index in [0.717, 1.165) is 15.6 Å². The molecule has 1 amide bonds. The smallest absolute Gasteiger partial charge is 0.337 e. The van der Waals surface area contributed by atoms with Gasteiger partial charge in [0.05, 0.1) is 29.9 Å². The average Bonchev–Trinajstić information content (AvgIpc) is 3.22. The maximum atomic E-state index is 13.1. The van der Waals surface area contributed by atoms with Gasteiger partial charge in [0.1, 0.15) is 6.61 Å². The molecule has 9 heteroatoms. The number of hydrogen-bond acceptors (Lipinski definition) is 7. The first-order chi connectivity index (χ1) is 18.4. The number of esters is 1. The van der Waals surface area contributed by atoms with Gasteiger partial charge in [-0.15, -0.1) is 0 Å². The first-order valence-electron chi connectivity index (χ1n) is 12.0. The minimum absolute atomic E-state index is 0.115. The van der Waals surface area contributed by atoms with Crippen molar-refractivity contribution in [2.45, 2.75) is 20.5 Å². The average molecular weight is 596 g/mol. The summed E-state index contributed by atoms with van der Waals surface area (Å²) < 4.78 is 17.6. The number of methoxy groups -OCH3 is 1. The molecule has 1 heterocycles. The minimum atomic E-state index is -0.411. The number of ether oxygens (including phenoxy) is 3. The van der Waals surface area contributed by atoms with Crippen molar-refractivity contribution in [3.05, 3.63) is 92.8 Å². The van der Waals surface area contributed by atoms with Crippen molar-refractivity contribution >= 4 is 56.5 Å². The minimum Gasteiger partial charge on any atom is -0.490 e. The molecule has 0 N–H and O–H groups in total. The van der Waals surface area contributed by atoms with E-state index in [-0.39, 0.29) is 5.91 Å². The lowest BCUT2D eigenvalue weighted by atomic mass is 10.1. The summed E-state index contributed by atoms with van der Waals surface area (Å²) in [4.78, 5) is 31.6. The number of carbonyl (C=O) groups excluding carboxylic acids is 2. The standard InChI is InChI=1S/C29H27BrN2O5S/c1-4-32-27(33)26(38-29(32)31-23-13-9-21(10-14-23)28(34)35-3)17-20-8-15-24(25(16-20)36-5-2)37-18-19-6-11-22(30)12-7-19/h6-17H,4-5,18H2,1-3H3. The van der Waals surface area contributed by atoms with E-state index in [1.807, 2.05) is 62.4 Å². The van der Waals surface area contributed by atoms with Crippen LogP contribution in [0.15, 0.2) is 81.1 Å². The third-order valence-corrected chi connectivity index (χ3v) is 7.13. The highest BCUT2D eigenvalue weighted by Crippen LogP contribution is 2.36. The van der Waals surface area contributed by atoms with E-state index in [0.29, 0.717) is 52.6 Å². The molecule has 1 fully saturated rings. The fourth-order valence-electron chi connectivity index (χ4n) is 3.67. The molecule has 0 bridgehead atoms. The van der Waals surface area contributed by atoms with Crippen LogP contribution in [0, 0.1) is 0 Å². The van der Waals surface area contributed by atoms with Crippen molar-refractivity contribution in [3.63, 3.8) is 0 Å². The molecule has 3 aromatic carbocycles. The van der Waals surface area contributed by atoms with Crippen molar-refractivity contribution in [1.29, 1.82) is 0 Å². The van der Waals surface area contributed by atoms with E-state index in [1.54, 1.807) is 29.2 Å². The second-order valence-electron chi connectivity index (χ2n) is 8.15. The van der Waals surface area contributed by atoms with Crippen LogP contribution in [0.5, 0.6) is 11.5 Å². The Kier molecular flexibility index (Phi) is 9.25. The van der Waals surface area contributed by atoms with Gasteiger partial charge in [0.2, 0.25) is 0 Å². The zero-order chi connectivity index (χ0) is 27.1. The monoisotopic (exact) mass is 594 g/mol. The molecule has 0 aliphatic carbocycles. The number of benzene rings is 3. The number of aliphatic imine (C=N–C) groups is 1. The molecule has 38 heavy (non-hydrogen) atoms. The van der Waals surface area contributed by atoms with Gasteiger partial charge in [-0.3, -0.25) is 9.69 Å². The molecule has 4 rings (SSSR count). The molecular formula is C29H27BrN2O5S. The maximum Gasteiger partial charge on any atom is 0.337 e. The molecule has 1 aliphatic rings. The van der Waals surface area contributed by atoms with E-state index in [2.05, 4.69) is 20.9 Å². The quantitative estimate of drug-likeness (QED) is 0.199. The van der Waals surface area contributed by atoms with Gasteiger partial charge in [-0.2, -0.15) is 0 Å². The zero-order valence-electron chi connectivity index (χ0n) is 21.3. The summed E-state index contributed by atoms with van der Waals surface area (Å²) in [5.41, 5.74) is 2.94. The van der Waals surface area contributed by atoms with E-state index in [9.17, 15) is 9.59 Å². The van der Waals surface area contributed by atoms with Gasteiger partial charge in [0, 0.05) is 11.0 Å². The van der Waals surface area contributed by atoms with Crippen LogP contribution in [0.4, 0.5) is 5.69 Å². The van der Waals surface area contributed by atoms with Crippen LogP contribution >= 0.6 is 27.7 Å². The Labute approximate surface area is 234 Å². The van der Waals surface area contributed by atoms with Crippen molar-refractivity contribution in [1.82, 2.24) is 4.90 Å². The van der Waals surface area contributed by atoms with Crippen molar-refractivity contribution in [3.8, 4) is 11.5 Å². The number of amides is 1. The number of nitrogens with zero attached hydrogens (tertiary/aromatic N) is 2. The third kappa shape index (κ3) is 6.65. The molecule has 196 valence electrons. The third-order valence-electron chi connectivity index (χ3n) is 5.59. The Hall–Kier alpha value is -3.56. The Bertz CT molecular complexity index is 1370. The predicted molar refractivity (Wildman–Crippen MR) is 154 cm³/mol. The van der Waals surface area contributed by atoms with Crippen LogP contribution < -0.4 is 9.47 Å². The van der Waals surface area contributed by atoms with Gasteiger partial charge in [-0.1, -0.05) is 34.1 Å². The van der Waals surface area contributed by atoms with Gasteiger partial charge in [0.15, 0.2) is 16.7 Å². The second kappa shape index (κ2) is 12.8. The van der Waals surface area contributed by atoms with Gasteiger partial charge in [0.25, 0.3) is 5.91 Å². The number of rotatable bonds is 9. The molecule has 0 saturated carbocycles. The van der Waals surface area contributed by atoms with Gasteiger partial charge in [-0.25, -0.2) is 9.79 Å². The predicted octanol–water partition coefficient (Wildman–Crippen LogP) is 6.84. The highest BCUT2D eigenvalue weighted by atomic mass is 79.9. The van der Waals surface area contributed by atoms with Gasteiger partial charge in [-0.05, 0) is 91.3 Å². The molecule has 0 aromatic heterocycles. The Morgan fingerprint density at radius 2 is 1.74 bits per heavy atom. The molecule has 0 spiro atoms. The Morgan fingerprint density at radius 3 is 2.39 bits per heavy atom. The first-order valence-corrected chi connectivity index (χ1v) is 13.6. The van der Waals surface area contributed by atoms with Crippen molar-refractivity contribution < 1.29 is 23.8 Å². The van der Waals surface area contributed by atoms with Crippen LogP contribution in [0.3, 0.4) is 0 Å². The summed E-state index contributed by atoms with van der Waals surface area (Å²) in [7, 11) is 1.34. The fraction of sp³-hybridized carbons (Fsp3) is 0.207. The largest absolute Gasteiger partial charge is 0.490 e. The van der Waals surface area contributed by atoms with Crippen molar-refractivity contribution in [2.75, 3.05) is 20.3 Å². The molecule has 0 radical (unpaired) electrons. The number of amidine groups is 1. The molecule has 0 unspecified atom stereocenters. The molecule has 7 nitrogen and oxygen atoms in total. The summed E-state index contributed by atoms with van der Waals surface area (Å²) >= 11 is 4.75. The normalized spacial score (nSPS) is 15.3. The summed E-state index contributed by atoms with van der Waals surface area (Å²) in [5.74, 6) is 0.721. The van der Waals surface area contributed by atoms with Gasteiger partial charge >= 0.3 is 5.97 Å². The highest BCUT2D eigenvalue weighted by Gasteiger charge is 2.32. The topological polar surface area (TPSA) is 77.4 Å². The van der Waals surface area contributed by atoms with E-state index >= 15 is 0 Å². The molecule has 0 atom stereocenters. The fourth-order valence-corrected chi connectivity index (χ4v) is 4.99. The Balaban J connectivity index is 1.54. The summed E-state index contributed by atoms with van der Waals surface area (Å²) in [6.07, 6.45) is 1.83. The van der Waals surface area contributed by atoms with Crippen molar-refractivity contribution in [2.24, 2.45) is 4.99 Å². The van der Waals surface area contributed by atoms with Crippen LogP contribution in [0.25, 0.3) is 6.08 Å². The second-order valence-corrected chi connectivity index (χ2v) is 10.1. The maximum absolute atomic E-state index is 13.1. The SMILES string of the molecule is CCOc1cc(C=C2SC(=Nc3ccc(C(=O)OC)cc3)N(CC)C2=O)ccc1OCc1ccc(Br)cc1. The molecule has 3 aromatic rings. The van der Waals surface area contributed by atoms with Gasteiger partial charge < -0.3 is 14.2 Å². The van der Waals surface area contributed by atoms with E-state index in [1.165, 1.54) is 18.9 Å². The number of carbonyl (C=O) groups is 2. The zero-order valence-corrected chi connectivity index (χ0v) is 23.7. The number of hydrogen-bond donors (Lipinski definition) is 0. The number of thioether (sulfide) groups is 1. The molecule has 1 aliphatic heterocycles.